The smallest absolute Gasteiger partial charge is 0.242 e. The molecule has 2 rings (SSSR count). The quantitative estimate of drug-likeness (QED) is 0.468. The lowest BCUT2D eigenvalue weighted by molar-refractivity contribution is -0.140. The van der Waals surface area contributed by atoms with Crippen molar-refractivity contribution < 1.29 is 18.0 Å². The molecule has 1 atom stereocenters. The minimum atomic E-state index is -3.62. The number of hydrogen-bond acceptors (Lipinski definition) is 4. The van der Waals surface area contributed by atoms with Crippen molar-refractivity contribution in [1.82, 2.24) is 10.2 Å². The Morgan fingerprint density at radius 1 is 1.03 bits per heavy atom. The molecule has 1 N–H and O–H groups in total. The molecule has 0 saturated heterocycles. The van der Waals surface area contributed by atoms with Crippen LogP contribution in [0.3, 0.4) is 0 Å². The van der Waals surface area contributed by atoms with Gasteiger partial charge in [0, 0.05) is 47.2 Å². The molecule has 0 heterocycles. The van der Waals surface area contributed by atoms with Crippen molar-refractivity contribution in [2.45, 2.75) is 39.3 Å². The fourth-order valence-corrected chi connectivity index (χ4v) is 5.20. The summed E-state index contributed by atoms with van der Waals surface area (Å²) in [7, 11) is -2.13. The second kappa shape index (κ2) is 12.1. The van der Waals surface area contributed by atoms with Crippen LogP contribution in [0.15, 0.2) is 36.4 Å². The number of carbonyl (C=O) groups is 2. The maximum atomic E-state index is 13.2. The minimum Gasteiger partial charge on any atom is -0.357 e. The summed E-state index contributed by atoms with van der Waals surface area (Å²) in [4.78, 5) is 26.9. The summed E-state index contributed by atoms with van der Waals surface area (Å²) in [6.07, 6.45) is 1.34. The lowest BCUT2D eigenvalue weighted by Gasteiger charge is -2.30. The number of nitrogens with one attached hydrogen (secondary N) is 1. The highest BCUT2D eigenvalue weighted by atomic mass is 35.5. The van der Waals surface area contributed by atoms with Crippen LogP contribution in [0.1, 0.15) is 30.9 Å². The molecule has 0 spiro atoms. The highest BCUT2D eigenvalue weighted by molar-refractivity contribution is 7.92. The van der Waals surface area contributed by atoms with Gasteiger partial charge in [0.1, 0.15) is 6.04 Å². The van der Waals surface area contributed by atoms with Gasteiger partial charge in [0.15, 0.2) is 0 Å². The summed E-state index contributed by atoms with van der Waals surface area (Å²) in [6.45, 7) is 3.46. The fourth-order valence-electron chi connectivity index (χ4n) is 3.49. The summed E-state index contributed by atoms with van der Waals surface area (Å²) in [5.74, 6) is -0.674. The van der Waals surface area contributed by atoms with E-state index in [4.69, 9.17) is 34.8 Å². The number of hydrogen-bond donors (Lipinski definition) is 1. The van der Waals surface area contributed by atoms with E-state index in [2.05, 4.69) is 5.32 Å². The van der Waals surface area contributed by atoms with Crippen molar-refractivity contribution in [3.8, 4) is 0 Å². The number of amides is 2. The maximum Gasteiger partial charge on any atom is 0.242 e. The van der Waals surface area contributed by atoms with Crippen LogP contribution in [-0.4, -0.2) is 51.0 Å². The Morgan fingerprint density at radius 3 is 2.15 bits per heavy atom. The Labute approximate surface area is 216 Å². The number of nitrogens with zero attached hydrogens (tertiary/aromatic N) is 2. The first-order valence-corrected chi connectivity index (χ1v) is 13.5. The number of sulfonamides is 1. The van der Waals surface area contributed by atoms with Gasteiger partial charge in [0.05, 0.1) is 11.9 Å². The van der Waals surface area contributed by atoms with Gasteiger partial charge < -0.3 is 10.2 Å². The molecule has 2 amide bonds. The number of likely N-dealkylation sites (N-methyl/N-ethyl adjacent to an activating group) is 1. The monoisotopic (exact) mass is 547 g/mol. The Bertz CT molecular complexity index is 1140. The van der Waals surface area contributed by atoms with Gasteiger partial charge in [0.2, 0.25) is 21.8 Å². The van der Waals surface area contributed by atoms with Gasteiger partial charge in [-0.3, -0.25) is 13.9 Å². The van der Waals surface area contributed by atoms with Gasteiger partial charge in [-0.15, -0.1) is 0 Å². The summed E-state index contributed by atoms with van der Waals surface area (Å²) in [5, 5.41) is 3.76. The van der Waals surface area contributed by atoms with Crippen molar-refractivity contribution in [3.63, 3.8) is 0 Å². The zero-order valence-corrected chi connectivity index (χ0v) is 22.5. The van der Waals surface area contributed by atoms with Gasteiger partial charge in [-0.25, -0.2) is 8.42 Å². The molecule has 2 aromatic rings. The van der Waals surface area contributed by atoms with Gasteiger partial charge in [-0.05, 0) is 50.1 Å². The van der Waals surface area contributed by atoms with Gasteiger partial charge in [-0.2, -0.15) is 0 Å². The molecule has 0 aliphatic carbocycles. The zero-order chi connectivity index (χ0) is 25.6. The van der Waals surface area contributed by atoms with Crippen LogP contribution in [0.2, 0.25) is 15.1 Å². The predicted molar refractivity (Wildman–Crippen MR) is 138 cm³/mol. The van der Waals surface area contributed by atoms with E-state index in [1.807, 2.05) is 0 Å². The van der Waals surface area contributed by atoms with Gasteiger partial charge in [-0.1, -0.05) is 46.9 Å². The minimum absolute atomic E-state index is 0.00897. The van der Waals surface area contributed by atoms with E-state index in [9.17, 15) is 18.0 Å². The van der Waals surface area contributed by atoms with E-state index in [1.165, 1.54) is 16.3 Å². The first-order chi connectivity index (χ1) is 15.9. The lowest BCUT2D eigenvalue weighted by Crippen LogP contribution is -2.47. The summed E-state index contributed by atoms with van der Waals surface area (Å²) < 4.78 is 26.2. The largest absolute Gasteiger partial charge is 0.357 e. The van der Waals surface area contributed by atoms with E-state index in [-0.39, 0.29) is 37.7 Å². The average molecular weight is 549 g/mol. The van der Waals surface area contributed by atoms with Crippen LogP contribution in [0, 0.1) is 6.92 Å². The third kappa shape index (κ3) is 7.01. The number of anilines is 1. The maximum absolute atomic E-state index is 13.2. The highest BCUT2D eigenvalue weighted by Crippen LogP contribution is 2.29. The van der Waals surface area contributed by atoms with Gasteiger partial charge >= 0.3 is 0 Å². The molecule has 34 heavy (non-hydrogen) atoms. The third-order valence-electron chi connectivity index (χ3n) is 5.46. The lowest BCUT2D eigenvalue weighted by atomic mass is 10.1. The Hall–Kier alpha value is -2.00. The topological polar surface area (TPSA) is 86.8 Å². The normalized spacial score (nSPS) is 12.2. The molecular formula is C23H28Cl3N3O4S. The van der Waals surface area contributed by atoms with Gasteiger partial charge in [0.25, 0.3) is 0 Å². The second-order valence-corrected chi connectivity index (χ2v) is 11.0. The van der Waals surface area contributed by atoms with Crippen molar-refractivity contribution in [2.24, 2.45) is 0 Å². The molecule has 0 fully saturated rings. The van der Waals surface area contributed by atoms with E-state index < -0.39 is 16.1 Å². The molecule has 0 bridgehead atoms. The molecule has 0 aliphatic heterocycles. The summed E-state index contributed by atoms with van der Waals surface area (Å²) in [6, 6.07) is 9.26. The molecule has 0 unspecified atom stereocenters. The molecule has 2 aromatic carbocycles. The molecule has 0 aromatic heterocycles. The van der Waals surface area contributed by atoms with E-state index >= 15 is 0 Å². The summed E-state index contributed by atoms with van der Waals surface area (Å²) >= 11 is 18.7. The molecular weight excluding hydrogens is 521 g/mol. The summed E-state index contributed by atoms with van der Waals surface area (Å²) in [5.41, 5.74) is 1.62. The average Bonchev–Trinajstić information content (AvgIpc) is 2.77. The Morgan fingerprint density at radius 2 is 1.59 bits per heavy atom. The molecule has 0 radical (unpaired) electrons. The molecule has 186 valence electrons. The third-order valence-corrected chi connectivity index (χ3v) is 7.76. The molecule has 7 nitrogen and oxygen atoms in total. The highest BCUT2D eigenvalue weighted by Gasteiger charge is 2.27. The van der Waals surface area contributed by atoms with E-state index in [1.54, 1.807) is 50.2 Å². The van der Waals surface area contributed by atoms with Crippen LogP contribution in [0.5, 0.6) is 0 Å². The van der Waals surface area contributed by atoms with E-state index in [0.717, 1.165) is 6.26 Å². The van der Waals surface area contributed by atoms with E-state index in [0.29, 0.717) is 31.9 Å². The zero-order valence-electron chi connectivity index (χ0n) is 19.4. The predicted octanol–water partition coefficient (Wildman–Crippen LogP) is 4.66. The van der Waals surface area contributed by atoms with Crippen LogP contribution in [0.4, 0.5) is 5.69 Å². The standard InChI is InChI=1S/C23H28Cl3N3O4S/c1-15-18(24)8-6-11-21(15)29(34(4,32)33)13-7-12-22(30)28(16(2)23(31)27-3)14-17-19(25)9-5-10-20(17)26/h5-6,8-11,16H,7,12-14H2,1-4H3,(H,27,31)/t16-/m1/s1. The first kappa shape index (κ1) is 28.2. The molecule has 0 aliphatic rings. The SMILES string of the molecule is CNC(=O)[C@@H](C)N(Cc1c(Cl)cccc1Cl)C(=O)CCCN(c1cccc(Cl)c1C)S(C)(=O)=O. The fraction of sp³-hybridized carbons (Fsp3) is 0.391. The molecule has 11 heteroatoms. The van der Waals surface area contributed by atoms with Crippen LogP contribution in [-0.2, 0) is 26.2 Å². The first-order valence-electron chi connectivity index (χ1n) is 10.5. The number of benzene rings is 2. The van der Waals surface area contributed by atoms with Crippen molar-refractivity contribution in [1.29, 1.82) is 0 Å². The van der Waals surface area contributed by atoms with Crippen LogP contribution < -0.4 is 9.62 Å². The molecule has 0 saturated carbocycles. The van der Waals surface area contributed by atoms with Crippen LogP contribution in [0.25, 0.3) is 0 Å². The number of halogens is 3. The van der Waals surface area contributed by atoms with Crippen molar-refractivity contribution in [3.05, 3.63) is 62.6 Å². The van der Waals surface area contributed by atoms with Crippen molar-refractivity contribution in [2.75, 3.05) is 24.2 Å². The Balaban J connectivity index is 2.23. The second-order valence-electron chi connectivity index (χ2n) is 7.83. The Kier molecular flexibility index (Phi) is 10.1. The number of carbonyl (C=O) groups excluding carboxylic acids is 2. The van der Waals surface area contributed by atoms with Crippen LogP contribution >= 0.6 is 34.8 Å². The number of rotatable bonds is 10. The van der Waals surface area contributed by atoms with Crippen molar-refractivity contribution >= 4 is 62.3 Å².